The maximum Gasteiger partial charge on any atom is 0.159 e. The largest absolute Gasteiger partial charge is 0.298 e. The Labute approximate surface area is 112 Å². The number of nitrogens with zero attached hydrogens (tertiary/aromatic N) is 2. The van der Waals surface area contributed by atoms with Crippen molar-refractivity contribution in [2.75, 3.05) is 0 Å². The lowest BCUT2D eigenvalue weighted by molar-refractivity contribution is 0.112. The van der Waals surface area contributed by atoms with Crippen molar-refractivity contribution in [1.82, 2.24) is 9.97 Å². The van der Waals surface area contributed by atoms with E-state index in [1.165, 1.54) is 12.4 Å². The fourth-order valence-electron chi connectivity index (χ4n) is 1.23. The second-order valence-electron chi connectivity index (χ2n) is 3.21. The molecule has 0 atom stereocenters. The molecule has 17 heavy (non-hydrogen) atoms. The molecule has 0 aliphatic rings. The second-order valence-corrected chi connectivity index (χ2v) is 4.40. The second kappa shape index (κ2) is 5.00. The van der Waals surface area contributed by atoms with Gasteiger partial charge in [-0.25, -0.2) is 9.97 Å². The van der Waals surface area contributed by atoms with Crippen molar-refractivity contribution in [1.29, 1.82) is 0 Å². The molecule has 2 aromatic rings. The van der Waals surface area contributed by atoms with Crippen molar-refractivity contribution < 1.29 is 4.79 Å². The van der Waals surface area contributed by atoms with Crippen LogP contribution in [0.3, 0.4) is 0 Å². The van der Waals surface area contributed by atoms with Crippen LogP contribution in [0.2, 0.25) is 15.1 Å². The van der Waals surface area contributed by atoms with E-state index in [4.69, 9.17) is 34.8 Å². The topological polar surface area (TPSA) is 42.9 Å². The van der Waals surface area contributed by atoms with Crippen LogP contribution in [0, 0.1) is 0 Å². The van der Waals surface area contributed by atoms with E-state index in [-0.39, 0.29) is 0 Å². The van der Waals surface area contributed by atoms with Gasteiger partial charge in [-0.2, -0.15) is 0 Å². The molecule has 3 nitrogen and oxygen atoms in total. The van der Waals surface area contributed by atoms with Crippen LogP contribution in [0.4, 0.5) is 0 Å². The number of hydrogen-bond donors (Lipinski definition) is 0. The number of halogens is 3. The summed E-state index contributed by atoms with van der Waals surface area (Å²) in [4.78, 5) is 18.5. The molecule has 0 aliphatic heterocycles. The highest BCUT2D eigenvalue weighted by Crippen LogP contribution is 2.33. The van der Waals surface area contributed by atoms with Crippen molar-refractivity contribution in [3.05, 3.63) is 45.2 Å². The van der Waals surface area contributed by atoms with Crippen LogP contribution < -0.4 is 0 Å². The summed E-state index contributed by atoms with van der Waals surface area (Å²) >= 11 is 17.6. The van der Waals surface area contributed by atoms with Gasteiger partial charge in [-0.3, -0.25) is 4.79 Å². The standard InChI is InChI=1S/C11H5Cl3N2O/c12-8-1-7(2-9(13)10(8)14)11-15-3-6(5-17)4-16-11/h1-5H. The molecule has 0 N–H and O–H groups in total. The predicted molar refractivity (Wildman–Crippen MR) is 67.9 cm³/mol. The van der Waals surface area contributed by atoms with Gasteiger partial charge in [-0.05, 0) is 12.1 Å². The molecule has 86 valence electrons. The minimum absolute atomic E-state index is 0.293. The van der Waals surface area contributed by atoms with Gasteiger partial charge in [0.1, 0.15) is 0 Å². The van der Waals surface area contributed by atoms with Gasteiger partial charge in [0.05, 0.1) is 20.6 Å². The zero-order valence-electron chi connectivity index (χ0n) is 8.32. The van der Waals surface area contributed by atoms with Gasteiger partial charge in [0, 0.05) is 18.0 Å². The van der Waals surface area contributed by atoms with Crippen molar-refractivity contribution in [3.8, 4) is 11.4 Å². The van der Waals surface area contributed by atoms with E-state index < -0.39 is 0 Å². The third-order valence-corrected chi connectivity index (χ3v) is 3.25. The third-order valence-electron chi connectivity index (χ3n) is 2.05. The minimum Gasteiger partial charge on any atom is -0.298 e. The van der Waals surface area contributed by atoms with Gasteiger partial charge < -0.3 is 0 Å². The molecule has 0 spiro atoms. The SMILES string of the molecule is O=Cc1cnc(-c2cc(Cl)c(Cl)c(Cl)c2)nc1. The average Bonchev–Trinajstić information content (AvgIpc) is 2.35. The molecule has 6 heteroatoms. The minimum atomic E-state index is 0.293. The van der Waals surface area contributed by atoms with E-state index in [9.17, 15) is 4.79 Å². The number of carbonyl (C=O) groups is 1. The van der Waals surface area contributed by atoms with Gasteiger partial charge in [-0.15, -0.1) is 0 Å². The Morgan fingerprint density at radius 1 is 1.00 bits per heavy atom. The molecule has 0 bridgehead atoms. The number of rotatable bonds is 2. The lowest BCUT2D eigenvalue weighted by atomic mass is 10.2. The number of hydrogen-bond acceptors (Lipinski definition) is 3. The molecule has 0 aliphatic carbocycles. The van der Waals surface area contributed by atoms with Gasteiger partial charge in [0.25, 0.3) is 0 Å². The van der Waals surface area contributed by atoms with Crippen LogP contribution in [-0.4, -0.2) is 16.3 Å². The Morgan fingerprint density at radius 3 is 2.00 bits per heavy atom. The molecule has 0 saturated carbocycles. The molecule has 0 unspecified atom stereocenters. The molecule has 0 radical (unpaired) electrons. The van der Waals surface area contributed by atoms with Gasteiger partial charge in [-0.1, -0.05) is 34.8 Å². The van der Waals surface area contributed by atoms with Crippen molar-refractivity contribution in [2.24, 2.45) is 0 Å². The number of benzene rings is 1. The number of aromatic nitrogens is 2. The summed E-state index contributed by atoms with van der Waals surface area (Å²) in [5, 5.41) is 0.955. The van der Waals surface area contributed by atoms with Crippen LogP contribution >= 0.6 is 34.8 Å². The zero-order valence-corrected chi connectivity index (χ0v) is 10.6. The Morgan fingerprint density at radius 2 is 1.53 bits per heavy atom. The molecular formula is C11H5Cl3N2O. The van der Waals surface area contributed by atoms with Gasteiger partial charge in [0.15, 0.2) is 12.1 Å². The normalized spacial score (nSPS) is 10.3. The summed E-state index contributed by atoms with van der Waals surface area (Å²) < 4.78 is 0. The summed E-state index contributed by atoms with van der Waals surface area (Å²) in [5.74, 6) is 0.427. The molecule has 0 fully saturated rings. The lowest BCUT2D eigenvalue weighted by Crippen LogP contribution is -1.91. The zero-order chi connectivity index (χ0) is 12.4. The van der Waals surface area contributed by atoms with Crippen LogP contribution in [-0.2, 0) is 0 Å². The fourth-order valence-corrected chi connectivity index (χ4v) is 1.83. The molecule has 0 saturated heterocycles. The Balaban J connectivity index is 2.49. The average molecular weight is 288 g/mol. The molecule has 2 rings (SSSR count). The van der Waals surface area contributed by atoms with E-state index in [0.29, 0.717) is 38.3 Å². The summed E-state index contributed by atoms with van der Waals surface area (Å²) in [6.07, 6.45) is 3.52. The maximum absolute atomic E-state index is 10.5. The van der Waals surface area contributed by atoms with Crippen molar-refractivity contribution in [2.45, 2.75) is 0 Å². The van der Waals surface area contributed by atoms with Crippen LogP contribution in [0.25, 0.3) is 11.4 Å². The monoisotopic (exact) mass is 286 g/mol. The van der Waals surface area contributed by atoms with E-state index in [2.05, 4.69) is 9.97 Å². The predicted octanol–water partition coefficient (Wildman–Crippen LogP) is 3.92. The lowest BCUT2D eigenvalue weighted by Gasteiger charge is -2.04. The Hall–Kier alpha value is -1.16. The first-order valence-electron chi connectivity index (χ1n) is 4.54. The first kappa shape index (κ1) is 12.3. The van der Waals surface area contributed by atoms with Crippen molar-refractivity contribution in [3.63, 3.8) is 0 Å². The van der Waals surface area contributed by atoms with Crippen LogP contribution in [0.15, 0.2) is 24.5 Å². The Bertz CT molecular complexity index is 546. The summed E-state index contributed by atoms with van der Waals surface area (Å²) in [5.41, 5.74) is 1.04. The molecule has 0 amide bonds. The smallest absolute Gasteiger partial charge is 0.159 e. The Kier molecular flexibility index (Phi) is 3.62. The number of aldehydes is 1. The van der Waals surface area contributed by atoms with E-state index in [1.807, 2.05) is 0 Å². The van der Waals surface area contributed by atoms with Crippen LogP contribution in [0.1, 0.15) is 10.4 Å². The van der Waals surface area contributed by atoms with Gasteiger partial charge >= 0.3 is 0 Å². The highest BCUT2D eigenvalue weighted by atomic mass is 35.5. The quantitative estimate of drug-likeness (QED) is 0.621. The summed E-state index contributed by atoms with van der Waals surface area (Å²) in [6.45, 7) is 0. The molecule has 1 aromatic heterocycles. The third kappa shape index (κ3) is 2.57. The first-order valence-corrected chi connectivity index (χ1v) is 5.67. The maximum atomic E-state index is 10.5. The summed E-state index contributed by atoms with van der Waals surface area (Å²) in [7, 11) is 0. The molecule has 1 aromatic carbocycles. The highest BCUT2D eigenvalue weighted by molar-refractivity contribution is 6.48. The fraction of sp³-hybridized carbons (Fsp3) is 0. The van der Waals surface area contributed by atoms with E-state index in [1.54, 1.807) is 12.1 Å². The van der Waals surface area contributed by atoms with Crippen molar-refractivity contribution >= 4 is 41.1 Å². The van der Waals surface area contributed by atoms with Crippen LogP contribution in [0.5, 0.6) is 0 Å². The molecule has 1 heterocycles. The number of carbonyl (C=O) groups excluding carboxylic acids is 1. The molecular weight excluding hydrogens is 282 g/mol. The highest BCUT2D eigenvalue weighted by Gasteiger charge is 2.09. The van der Waals surface area contributed by atoms with Gasteiger partial charge in [0.2, 0.25) is 0 Å². The summed E-state index contributed by atoms with van der Waals surface area (Å²) in [6, 6.07) is 3.23. The van der Waals surface area contributed by atoms with E-state index >= 15 is 0 Å². The first-order chi connectivity index (χ1) is 8.11. The van der Waals surface area contributed by atoms with E-state index in [0.717, 1.165) is 0 Å².